The summed E-state index contributed by atoms with van der Waals surface area (Å²) < 4.78 is 39.7. The Bertz CT molecular complexity index is 1260. The minimum Gasteiger partial charge on any atom is -0.354 e. The first kappa shape index (κ1) is 18.9. The maximum Gasteiger partial charge on any atom is 0.280 e. The molecule has 7 nitrogen and oxygen atoms in total. The van der Waals surface area contributed by atoms with Gasteiger partial charge in [0.1, 0.15) is 5.82 Å². The van der Waals surface area contributed by atoms with E-state index in [1.54, 1.807) is 12.1 Å². The van der Waals surface area contributed by atoms with Crippen LogP contribution in [0.15, 0.2) is 65.8 Å². The van der Waals surface area contributed by atoms with Crippen LogP contribution in [0.25, 0.3) is 22.2 Å². The number of H-pyrrole nitrogens is 2. The summed E-state index contributed by atoms with van der Waals surface area (Å²) in [6.07, 6.45) is 1.56. The Balaban J connectivity index is 1.59. The van der Waals surface area contributed by atoms with E-state index in [1.165, 1.54) is 24.4 Å². The van der Waals surface area contributed by atoms with Gasteiger partial charge in [0.25, 0.3) is 10.0 Å². The zero-order chi connectivity index (χ0) is 20.4. The summed E-state index contributed by atoms with van der Waals surface area (Å²) in [7, 11) is -3.98. The molecule has 0 aliphatic rings. The van der Waals surface area contributed by atoms with Crippen molar-refractivity contribution in [3.8, 4) is 11.3 Å². The van der Waals surface area contributed by atoms with Crippen molar-refractivity contribution >= 4 is 26.8 Å². The number of para-hydroxylation sites is 1. The maximum absolute atomic E-state index is 13.3. The third-order valence-corrected chi connectivity index (χ3v) is 5.86. The molecule has 0 unspecified atom stereocenters. The molecule has 0 aliphatic carbocycles. The molecule has 2 aromatic heterocycles. The number of hydrogen-bond donors (Lipinski definition) is 3. The number of rotatable bonds is 6. The molecule has 0 saturated heterocycles. The number of nitrogens with one attached hydrogen (secondary N) is 3. The van der Waals surface area contributed by atoms with Crippen LogP contribution in [0.3, 0.4) is 0 Å². The second kappa shape index (κ2) is 7.51. The zero-order valence-electron chi connectivity index (χ0n) is 15.1. The Morgan fingerprint density at radius 1 is 1.07 bits per heavy atom. The number of carbonyl (C=O) groups excluding carboxylic acids is 1. The van der Waals surface area contributed by atoms with Gasteiger partial charge >= 0.3 is 0 Å². The zero-order valence-corrected chi connectivity index (χ0v) is 16.0. The van der Waals surface area contributed by atoms with Gasteiger partial charge in [-0.05, 0) is 53.9 Å². The number of fused-ring (bicyclic) bond motifs is 1. The third-order valence-electron chi connectivity index (χ3n) is 4.56. The molecular formula is C20H17FN4O3S. The number of aryl methyl sites for hydroxylation is 1. The molecule has 3 N–H and O–H groups in total. The van der Waals surface area contributed by atoms with E-state index in [4.69, 9.17) is 0 Å². The Hall–Kier alpha value is -3.46. The average Bonchev–Trinajstić information content (AvgIpc) is 3.35. The van der Waals surface area contributed by atoms with Crippen LogP contribution in [0.5, 0.6) is 0 Å². The lowest BCUT2D eigenvalue weighted by Crippen LogP contribution is -2.31. The normalized spacial score (nSPS) is 11.6. The predicted octanol–water partition coefficient (Wildman–Crippen LogP) is 3.13. The molecule has 1 amide bonds. The van der Waals surface area contributed by atoms with Crippen molar-refractivity contribution in [1.82, 2.24) is 19.9 Å². The maximum atomic E-state index is 13.3. The van der Waals surface area contributed by atoms with Crippen molar-refractivity contribution in [2.45, 2.75) is 17.9 Å². The van der Waals surface area contributed by atoms with Crippen LogP contribution in [0, 0.1) is 5.82 Å². The Kier molecular flexibility index (Phi) is 4.89. The largest absolute Gasteiger partial charge is 0.354 e. The van der Waals surface area contributed by atoms with Gasteiger partial charge in [0.2, 0.25) is 5.91 Å². The number of halogens is 1. The number of aromatic nitrogens is 3. The Labute approximate surface area is 166 Å². The van der Waals surface area contributed by atoms with Crippen molar-refractivity contribution in [2.75, 3.05) is 0 Å². The number of amides is 1. The van der Waals surface area contributed by atoms with Crippen molar-refractivity contribution < 1.29 is 17.6 Å². The first-order valence-corrected chi connectivity index (χ1v) is 10.3. The van der Waals surface area contributed by atoms with Gasteiger partial charge in [0, 0.05) is 23.0 Å². The van der Waals surface area contributed by atoms with E-state index in [0.29, 0.717) is 6.42 Å². The highest BCUT2D eigenvalue weighted by atomic mass is 32.2. The van der Waals surface area contributed by atoms with Crippen LogP contribution in [0.1, 0.15) is 12.0 Å². The highest BCUT2D eigenvalue weighted by Crippen LogP contribution is 2.31. The summed E-state index contributed by atoms with van der Waals surface area (Å²) in [4.78, 5) is 15.6. The minimum absolute atomic E-state index is 0.0383. The minimum atomic E-state index is -3.98. The topological polar surface area (TPSA) is 108 Å². The van der Waals surface area contributed by atoms with Crippen LogP contribution >= 0.6 is 0 Å². The van der Waals surface area contributed by atoms with E-state index >= 15 is 0 Å². The molecule has 9 heteroatoms. The van der Waals surface area contributed by atoms with Gasteiger partial charge < -0.3 is 4.98 Å². The van der Waals surface area contributed by atoms with E-state index in [9.17, 15) is 17.6 Å². The average molecular weight is 412 g/mol. The fourth-order valence-electron chi connectivity index (χ4n) is 3.21. The summed E-state index contributed by atoms with van der Waals surface area (Å²) in [5.74, 6) is -0.968. The standard InChI is InChI=1S/C20H17FN4O3S/c21-14-7-5-13(6-8-14)20-16(15-3-1-2-4-17(15)23-20)9-10-18(26)25-29(27,28)19-11-12-22-24-19/h1-8,11-12,23H,9-10H2,(H,22,24)(H,25,26). The Morgan fingerprint density at radius 3 is 2.55 bits per heavy atom. The van der Waals surface area contributed by atoms with Gasteiger partial charge in [-0.2, -0.15) is 13.5 Å². The fraction of sp³-hybridized carbons (Fsp3) is 0.100. The van der Waals surface area contributed by atoms with Crippen LogP contribution in [0.2, 0.25) is 0 Å². The van der Waals surface area contributed by atoms with Gasteiger partial charge in [-0.15, -0.1) is 0 Å². The summed E-state index contributed by atoms with van der Waals surface area (Å²) in [5.41, 5.74) is 3.30. The predicted molar refractivity (Wildman–Crippen MR) is 106 cm³/mol. The molecule has 0 aliphatic heterocycles. The van der Waals surface area contributed by atoms with Gasteiger partial charge in [-0.1, -0.05) is 18.2 Å². The van der Waals surface area contributed by atoms with Crippen LogP contribution in [-0.4, -0.2) is 29.5 Å². The molecule has 0 spiro atoms. The quantitative estimate of drug-likeness (QED) is 0.452. The number of benzene rings is 2. The second-order valence-electron chi connectivity index (χ2n) is 6.48. The number of carbonyl (C=O) groups is 1. The molecule has 4 aromatic rings. The molecule has 0 radical (unpaired) electrons. The third kappa shape index (κ3) is 3.90. The molecular weight excluding hydrogens is 395 g/mol. The number of aromatic amines is 2. The van der Waals surface area contributed by atoms with E-state index in [2.05, 4.69) is 15.2 Å². The SMILES string of the molecule is O=C(CCc1c(-c2ccc(F)cc2)[nH]c2ccccc12)NS(=O)(=O)c1ccn[nH]1. The van der Waals surface area contributed by atoms with Crippen LogP contribution < -0.4 is 4.72 Å². The molecule has 29 heavy (non-hydrogen) atoms. The first-order chi connectivity index (χ1) is 13.9. The van der Waals surface area contributed by atoms with Crippen LogP contribution in [-0.2, 0) is 21.2 Å². The highest BCUT2D eigenvalue weighted by molar-refractivity contribution is 7.90. The van der Waals surface area contributed by atoms with Crippen molar-refractivity contribution in [1.29, 1.82) is 0 Å². The van der Waals surface area contributed by atoms with Gasteiger partial charge in [0.15, 0.2) is 5.03 Å². The van der Waals surface area contributed by atoms with E-state index < -0.39 is 15.9 Å². The summed E-state index contributed by atoms with van der Waals surface area (Å²) >= 11 is 0. The molecule has 0 atom stereocenters. The summed E-state index contributed by atoms with van der Waals surface area (Å²) in [6, 6.07) is 14.9. The molecule has 0 fully saturated rings. The lowest BCUT2D eigenvalue weighted by molar-refractivity contribution is -0.119. The molecule has 148 valence electrons. The van der Waals surface area contributed by atoms with Crippen LogP contribution in [0.4, 0.5) is 4.39 Å². The first-order valence-electron chi connectivity index (χ1n) is 8.84. The molecule has 0 saturated carbocycles. The molecule has 2 aromatic carbocycles. The Morgan fingerprint density at radius 2 is 1.83 bits per heavy atom. The summed E-state index contributed by atoms with van der Waals surface area (Å²) in [5, 5.41) is 6.66. The monoisotopic (exact) mass is 412 g/mol. The molecule has 0 bridgehead atoms. The van der Waals surface area contributed by atoms with Crippen molar-refractivity contribution in [3.05, 3.63) is 72.2 Å². The lowest BCUT2D eigenvalue weighted by Gasteiger charge is -2.07. The number of nitrogens with zero attached hydrogens (tertiary/aromatic N) is 1. The van der Waals surface area contributed by atoms with Gasteiger partial charge in [-0.25, -0.2) is 9.11 Å². The van der Waals surface area contributed by atoms with Crippen molar-refractivity contribution in [3.63, 3.8) is 0 Å². The smallest absolute Gasteiger partial charge is 0.280 e. The van der Waals surface area contributed by atoms with E-state index in [0.717, 1.165) is 27.7 Å². The van der Waals surface area contributed by atoms with E-state index in [-0.39, 0.29) is 17.3 Å². The second-order valence-corrected chi connectivity index (χ2v) is 8.13. The lowest BCUT2D eigenvalue weighted by atomic mass is 10.0. The number of hydrogen-bond acceptors (Lipinski definition) is 4. The van der Waals surface area contributed by atoms with E-state index in [1.807, 2.05) is 29.0 Å². The summed E-state index contributed by atoms with van der Waals surface area (Å²) in [6.45, 7) is 0. The molecule has 4 rings (SSSR count). The van der Waals surface area contributed by atoms with Crippen molar-refractivity contribution in [2.24, 2.45) is 0 Å². The van der Waals surface area contributed by atoms with Gasteiger partial charge in [0.05, 0.1) is 6.20 Å². The molecule has 2 heterocycles. The fourth-order valence-corrected chi connectivity index (χ4v) is 4.13. The highest BCUT2D eigenvalue weighted by Gasteiger charge is 2.20. The number of sulfonamides is 1. The van der Waals surface area contributed by atoms with Gasteiger partial charge in [-0.3, -0.25) is 9.89 Å².